The van der Waals surface area contributed by atoms with Gasteiger partial charge in [-0.1, -0.05) is 71.4 Å². The summed E-state index contributed by atoms with van der Waals surface area (Å²) in [6, 6.07) is 20.0. The normalized spacial score (nSPS) is 21.9. The number of fused-ring (bicyclic) bond motifs is 3. The van der Waals surface area contributed by atoms with Gasteiger partial charge in [0.25, 0.3) is 23.4 Å². The Labute approximate surface area is 312 Å². The molecule has 0 radical (unpaired) electrons. The number of thiazole rings is 1. The highest BCUT2D eigenvalue weighted by Gasteiger charge is 2.71. The minimum absolute atomic E-state index is 0.0327. The van der Waals surface area contributed by atoms with Gasteiger partial charge in [-0.05, 0) is 43.1 Å². The van der Waals surface area contributed by atoms with Crippen LogP contribution < -0.4 is 10.1 Å². The summed E-state index contributed by atoms with van der Waals surface area (Å²) in [5.74, 6) is -2.49. The Morgan fingerprint density at radius 3 is 2.49 bits per heavy atom. The summed E-state index contributed by atoms with van der Waals surface area (Å²) >= 11 is 2.65. The predicted molar refractivity (Wildman–Crippen MR) is 192 cm³/mol. The molecule has 14 nitrogen and oxygen atoms in total. The van der Waals surface area contributed by atoms with Gasteiger partial charge in [-0.3, -0.25) is 19.3 Å². The first-order valence-corrected chi connectivity index (χ1v) is 18.7. The van der Waals surface area contributed by atoms with Crippen LogP contribution in [0.25, 0.3) is 0 Å². The van der Waals surface area contributed by atoms with Crippen molar-refractivity contribution >= 4 is 52.6 Å². The molecule has 0 saturated carbocycles. The second-order valence-electron chi connectivity index (χ2n) is 12.8. The fourth-order valence-electron chi connectivity index (χ4n) is 6.25. The summed E-state index contributed by atoms with van der Waals surface area (Å²) in [5.41, 5.74) is 0.959. The molecule has 0 spiro atoms. The lowest BCUT2D eigenvalue weighted by Gasteiger charge is -2.56. The van der Waals surface area contributed by atoms with Gasteiger partial charge in [0.2, 0.25) is 0 Å². The molecule has 53 heavy (non-hydrogen) atoms. The highest BCUT2D eigenvalue weighted by atomic mass is 32.2. The molecule has 4 aromatic rings. The number of allylic oxidation sites excluding steroid dienone is 1. The number of esters is 2. The van der Waals surface area contributed by atoms with E-state index in [2.05, 4.69) is 20.6 Å². The zero-order chi connectivity index (χ0) is 37.1. The minimum Gasteiger partial charge on any atom is -0.462 e. The highest BCUT2D eigenvalue weighted by Crippen LogP contribution is 2.51. The number of amides is 2. The van der Waals surface area contributed by atoms with Crippen LogP contribution >= 0.6 is 23.1 Å². The SMILES string of the molecule is CC(C)=CCOC(=O)[C@]12OC(=O)C[C@H]1CS[C@@H]1[C@H](NC(=O)/C(=N\OCc3cc(OC(c4ccccc4)c4ccccc4)no3)c3csc(C)n3)C(=O)N12. The van der Waals surface area contributed by atoms with Crippen LogP contribution in [0.3, 0.4) is 0 Å². The third kappa shape index (κ3) is 7.28. The van der Waals surface area contributed by atoms with Crippen LogP contribution in [0.15, 0.2) is 93.4 Å². The number of ether oxygens (including phenoxy) is 3. The van der Waals surface area contributed by atoms with Gasteiger partial charge in [0.15, 0.2) is 24.2 Å². The molecule has 2 aromatic heterocycles. The van der Waals surface area contributed by atoms with Crippen LogP contribution in [-0.4, -0.2) is 74.0 Å². The van der Waals surface area contributed by atoms with E-state index in [1.807, 2.05) is 74.5 Å². The van der Waals surface area contributed by atoms with E-state index in [1.165, 1.54) is 28.0 Å². The third-order valence-electron chi connectivity index (χ3n) is 8.81. The summed E-state index contributed by atoms with van der Waals surface area (Å²) < 4.78 is 22.7. The van der Waals surface area contributed by atoms with Gasteiger partial charge in [0.05, 0.1) is 11.4 Å². The van der Waals surface area contributed by atoms with E-state index in [0.717, 1.165) is 16.7 Å². The summed E-state index contributed by atoms with van der Waals surface area (Å²) in [7, 11) is 0. The summed E-state index contributed by atoms with van der Waals surface area (Å²) in [4.78, 5) is 64.5. The summed E-state index contributed by atoms with van der Waals surface area (Å²) in [5, 5.41) is 12.5. The Morgan fingerprint density at radius 1 is 1.11 bits per heavy atom. The van der Waals surface area contributed by atoms with Gasteiger partial charge >= 0.3 is 11.9 Å². The molecule has 0 aliphatic carbocycles. The molecule has 3 aliphatic heterocycles. The second kappa shape index (κ2) is 15.2. The number of hydrogen-bond donors (Lipinski definition) is 1. The van der Waals surface area contributed by atoms with Crippen LogP contribution in [0, 0.1) is 12.8 Å². The zero-order valence-corrected chi connectivity index (χ0v) is 30.6. The third-order valence-corrected chi connectivity index (χ3v) is 11.0. The second-order valence-corrected chi connectivity index (χ2v) is 15.0. The number of hydrogen-bond acceptors (Lipinski definition) is 14. The molecule has 7 rings (SSSR count). The van der Waals surface area contributed by atoms with Gasteiger partial charge in [0, 0.05) is 23.1 Å². The molecule has 16 heteroatoms. The standard InChI is InChI=1S/C37H35N5O9S2/c1-21(2)14-15-47-36(46)37-25(16-29(43)50-37)19-53-35-31(34(45)42(35)37)39-33(44)30(27-20-52-22(3)38-27)41-48-18-26-17-28(40-51-26)49-32(23-10-6-4-7-11-23)24-12-8-5-9-13-24/h4-14,17,20,25,31-32,35H,15-16,18-19H2,1-3H3,(H,39,44)/b41-30-/t25-,31+,35+,37+/m0/s1. The number of nitrogens with zero attached hydrogens (tertiary/aromatic N) is 4. The first kappa shape index (κ1) is 35.9. The Kier molecular flexibility index (Phi) is 10.3. The highest BCUT2D eigenvalue weighted by molar-refractivity contribution is 8.00. The average Bonchev–Trinajstić information content (AvgIpc) is 3.89. The maximum Gasteiger partial charge on any atom is 0.373 e. The van der Waals surface area contributed by atoms with Gasteiger partial charge in [-0.15, -0.1) is 23.1 Å². The van der Waals surface area contributed by atoms with Crippen LogP contribution in [0.2, 0.25) is 0 Å². The van der Waals surface area contributed by atoms with Crippen LogP contribution in [0.4, 0.5) is 0 Å². The predicted octanol–water partition coefficient (Wildman–Crippen LogP) is 4.70. The fraction of sp³-hybridized carbons (Fsp3) is 0.324. The number of thioether (sulfide) groups is 1. The van der Waals surface area contributed by atoms with E-state index < -0.39 is 52.9 Å². The topological polar surface area (TPSA) is 172 Å². The summed E-state index contributed by atoms with van der Waals surface area (Å²) in [6.45, 7) is 5.25. The lowest BCUT2D eigenvalue weighted by molar-refractivity contribution is -0.218. The van der Waals surface area contributed by atoms with E-state index in [-0.39, 0.29) is 42.7 Å². The van der Waals surface area contributed by atoms with E-state index in [9.17, 15) is 19.2 Å². The molecule has 3 aliphatic rings. The van der Waals surface area contributed by atoms with Crippen LogP contribution in [0.5, 0.6) is 5.88 Å². The van der Waals surface area contributed by atoms with Crippen molar-refractivity contribution < 1.29 is 42.7 Å². The molecular formula is C37H35N5O9S2. The zero-order valence-electron chi connectivity index (χ0n) is 28.9. The van der Waals surface area contributed by atoms with Crippen molar-refractivity contribution in [1.82, 2.24) is 20.4 Å². The van der Waals surface area contributed by atoms with Crippen molar-refractivity contribution in [2.24, 2.45) is 11.1 Å². The molecule has 5 heterocycles. The summed E-state index contributed by atoms with van der Waals surface area (Å²) in [6.07, 6.45) is 1.23. The molecule has 274 valence electrons. The van der Waals surface area contributed by atoms with Crippen molar-refractivity contribution in [3.63, 3.8) is 0 Å². The first-order chi connectivity index (χ1) is 25.6. The smallest absolute Gasteiger partial charge is 0.373 e. The van der Waals surface area contributed by atoms with Crippen molar-refractivity contribution in [2.75, 3.05) is 12.4 Å². The van der Waals surface area contributed by atoms with Gasteiger partial charge in [-0.2, -0.15) is 0 Å². The van der Waals surface area contributed by atoms with Crippen molar-refractivity contribution in [3.8, 4) is 5.88 Å². The van der Waals surface area contributed by atoms with Crippen molar-refractivity contribution in [3.05, 3.63) is 111 Å². The van der Waals surface area contributed by atoms with E-state index >= 15 is 0 Å². The monoisotopic (exact) mass is 757 g/mol. The number of carbonyl (C=O) groups excluding carboxylic acids is 4. The number of aromatic nitrogens is 2. The number of oxime groups is 1. The van der Waals surface area contributed by atoms with Crippen molar-refractivity contribution in [1.29, 1.82) is 0 Å². The molecule has 0 bridgehead atoms. The Hall–Kier alpha value is -5.48. The van der Waals surface area contributed by atoms with Gasteiger partial charge in [-0.25, -0.2) is 9.78 Å². The molecule has 3 fully saturated rings. The number of carbonyl (C=O) groups is 4. The Morgan fingerprint density at radius 2 is 1.83 bits per heavy atom. The number of aryl methyl sites for hydroxylation is 1. The van der Waals surface area contributed by atoms with E-state index in [4.69, 9.17) is 23.6 Å². The number of rotatable bonds is 13. The molecular weight excluding hydrogens is 723 g/mol. The number of nitrogens with one attached hydrogen (secondary N) is 1. The molecule has 0 unspecified atom stereocenters. The van der Waals surface area contributed by atoms with Gasteiger partial charge in [0.1, 0.15) is 23.7 Å². The van der Waals surface area contributed by atoms with E-state index in [0.29, 0.717) is 10.8 Å². The molecule has 4 atom stereocenters. The maximum absolute atomic E-state index is 13.7. The molecule has 2 aromatic carbocycles. The van der Waals surface area contributed by atoms with E-state index in [1.54, 1.807) is 24.4 Å². The Balaban J connectivity index is 1.04. The largest absolute Gasteiger partial charge is 0.462 e. The van der Waals surface area contributed by atoms with Gasteiger partial charge < -0.3 is 28.9 Å². The average molecular weight is 758 g/mol. The number of β-lactam (4-membered cyclic amide) rings is 1. The first-order valence-electron chi connectivity index (χ1n) is 16.8. The minimum atomic E-state index is -1.89. The lowest BCUT2D eigenvalue weighted by atomic mass is 9.89. The molecule has 1 N–H and O–H groups in total. The van der Waals surface area contributed by atoms with Crippen molar-refractivity contribution in [2.45, 2.75) is 57.0 Å². The molecule has 3 saturated heterocycles. The molecule has 2 amide bonds. The maximum atomic E-state index is 13.7. The van der Waals surface area contributed by atoms with Crippen LogP contribution in [-0.2, 0) is 40.1 Å². The lowest BCUT2D eigenvalue weighted by Crippen LogP contribution is -2.80. The number of benzene rings is 2. The fourth-order valence-corrected chi connectivity index (χ4v) is 8.41. The Bertz CT molecular complexity index is 2020. The quantitative estimate of drug-likeness (QED) is 0.0657. The van der Waals surface area contributed by atoms with Crippen LogP contribution in [0.1, 0.15) is 54.0 Å².